The van der Waals surface area contributed by atoms with Crippen LogP contribution in [0.3, 0.4) is 0 Å². The highest BCUT2D eigenvalue weighted by atomic mass is 15.1. The van der Waals surface area contributed by atoms with Gasteiger partial charge in [0.25, 0.3) is 0 Å². The lowest BCUT2D eigenvalue weighted by atomic mass is 10.0. The quantitative estimate of drug-likeness (QED) is 0.609. The van der Waals surface area contributed by atoms with Gasteiger partial charge in [-0.05, 0) is 29.8 Å². The molecule has 0 atom stereocenters. The first-order chi connectivity index (χ1) is 10.4. The molecule has 5 heteroatoms. The number of rotatable bonds is 2. The van der Waals surface area contributed by atoms with Gasteiger partial charge in [-0.25, -0.2) is 9.97 Å². The molecule has 0 saturated carbocycles. The van der Waals surface area contributed by atoms with Crippen LogP contribution in [0, 0.1) is 0 Å². The highest BCUT2D eigenvalue weighted by molar-refractivity contribution is 5.87. The van der Waals surface area contributed by atoms with Crippen LogP contribution < -0.4 is 0 Å². The van der Waals surface area contributed by atoms with E-state index in [1.165, 1.54) is 0 Å². The SMILES string of the molecule is c1ccc(-c2[nH]ncc2-c2ccc3ncncc3c2)nc1. The number of hydrogen-bond donors (Lipinski definition) is 1. The summed E-state index contributed by atoms with van der Waals surface area (Å²) in [6.45, 7) is 0. The van der Waals surface area contributed by atoms with Crippen LogP contribution in [-0.2, 0) is 0 Å². The Kier molecular flexibility index (Phi) is 2.67. The van der Waals surface area contributed by atoms with Crippen molar-refractivity contribution in [1.29, 1.82) is 0 Å². The van der Waals surface area contributed by atoms with E-state index in [1.54, 1.807) is 12.5 Å². The molecule has 5 nitrogen and oxygen atoms in total. The molecule has 0 spiro atoms. The summed E-state index contributed by atoms with van der Waals surface area (Å²) in [4.78, 5) is 12.7. The van der Waals surface area contributed by atoms with Crippen molar-refractivity contribution in [2.24, 2.45) is 0 Å². The second-order valence-corrected chi connectivity index (χ2v) is 4.67. The molecule has 0 radical (unpaired) electrons. The number of hydrogen-bond acceptors (Lipinski definition) is 4. The smallest absolute Gasteiger partial charge is 0.116 e. The Labute approximate surface area is 120 Å². The molecule has 0 saturated heterocycles. The van der Waals surface area contributed by atoms with E-state index in [9.17, 15) is 0 Å². The Morgan fingerprint density at radius 2 is 1.95 bits per heavy atom. The molecule has 100 valence electrons. The summed E-state index contributed by atoms with van der Waals surface area (Å²) in [6, 6.07) is 11.9. The van der Waals surface area contributed by atoms with Crippen LogP contribution in [0.15, 0.2) is 61.3 Å². The number of pyridine rings is 1. The van der Waals surface area contributed by atoms with Gasteiger partial charge in [0.05, 0.1) is 23.1 Å². The van der Waals surface area contributed by atoms with Crippen molar-refractivity contribution in [2.75, 3.05) is 0 Å². The third-order valence-corrected chi connectivity index (χ3v) is 3.38. The molecule has 3 heterocycles. The molecule has 0 bridgehead atoms. The number of benzene rings is 1. The fraction of sp³-hybridized carbons (Fsp3) is 0. The van der Waals surface area contributed by atoms with Gasteiger partial charge in [0.1, 0.15) is 6.33 Å². The second-order valence-electron chi connectivity index (χ2n) is 4.67. The molecule has 0 amide bonds. The van der Waals surface area contributed by atoms with Crippen LogP contribution in [0.25, 0.3) is 33.4 Å². The number of aromatic amines is 1. The van der Waals surface area contributed by atoms with E-state index in [-0.39, 0.29) is 0 Å². The lowest BCUT2D eigenvalue weighted by Gasteiger charge is -2.04. The number of aromatic nitrogens is 5. The minimum absolute atomic E-state index is 0.870. The zero-order chi connectivity index (χ0) is 14.1. The van der Waals surface area contributed by atoms with E-state index >= 15 is 0 Å². The van der Waals surface area contributed by atoms with Crippen molar-refractivity contribution in [1.82, 2.24) is 25.1 Å². The Bertz CT molecular complexity index is 899. The summed E-state index contributed by atoms with van der Waals surface area (Å²) in [5.41, 5.74) is 4.78. The third-order valence-electron chi connectivity index (χ3n) is 3.38. The van der Waals surface area contributed by atoms with Crippen LogP contribution >= 0.6 is 0 Å². The zero-order valence-corrected chi connectivity index (χ0v) is 11.1. The van der Waals surface area contributed by atoms with Gasteiger partial charge in [-0.1, -0.05) is 12.1 Å². The highest BCUT2D eigenvalue weighted by Gasteiger charge is 2.11. The summed E-state index contributed by atoms with van der Waals surface area (Å²) < 4.78 is 0. The molecule has 0 unspecified atom stereocenters. The maximum Gasteiger partial charge on any atom is 0.116 e. The van der Waals surface area contributed by atoms with Crippen LogP contribution in [0.2, 0.25) is 0 Å². The van der Waals surface area contributed by atoms with E-state index < -0.39 is 0 Å². The summed E-state index contributed by atoms with van der Waals surface area (Å²) in [7, 11) is 0. The molecule has 1 N–H and O–H groups in total. The predicted octanol–water partition coefficient (Wildman–Crippen LogP) is 3.08. The fourth-order valence-corrected chi connectivity index (χ4v) is 2.36. The number of fused-ring (bicyclic) bond motifs is 1. The first-order valence-electron chi connectivity index (χ1n) is 6.57. The lowest BCUT2D eigenvalue weighted by Crippen LogP contribution is -1.87. The van der Waals surface area contributed by atoms with Crippen LogP contribution in [-0.4, -0.2) is 25.1 Å². The molecule has 0 fully saturated rings. The van der Waals surface area contributed by atoms with Gasteiger partial charge in [-0.15, -0.1) is 0 Å². The Morgan fingerprint density at radius 3 is 2.86 bits per heavy atom. The van der Waals surface area contributed by atoms with Gasteiger partial charge < -0.3 is 0 Å². The third kappa shape index (κ3) is 2.04. The minimum Gasteiger partial charge on any atom is -0.276 e. The summed E-state index contributed by atoms with van der Waals surface area (Å²) in [5, 5.41) is 8.19. The van der Waals surface area contributed by atoms with Gasteiger partial charge in [0.2, 0.25) is 0 Å². The number of nitrogens with one attached hydrogen (secondary N) is 1. The highest BCUT2D eigenvalue weighted by Crippen LogP contribution is 2.30. The van der Waals surface area contributed by atoms with Gasteiger partial charge in [-0.2, -0.15) is 5.10 Å². The van der Waals surface area contributed by atoms with Gasteiger partial charge in [-0.3, -0.25) is 10.1 Å². The molecule has 4 rings (SSSR count). The van der Waals surface area contributed by atoms with Crippen molar-refractivity contribution >= 4 is 10.9 Å². The van der Waals surface area contributed by atoms with Crippen molar-refractivity contribution < 1.29 is 0 Å². The van der Waals surface area contributed by atoms with Crippen molar-refractivity contribution in [3.05, 3.63) is 61.3 Å². The Hall–Kier alpha value is -3.08. The number of nitrogens with zero attached hydrogens (tertiary/aromatic N) is 4. The van der Waals surface area contributed by atoms with Crippen LogP contribution in [0.1, 0.15) is 0 Å². The van der Waals surface area contributed by atoms with E-state index in [4.69, 9.17) is 0 Å². The molecule has 21 heavy (non-hydrogen) atoms. The standard InChI is InChI=1S/C16H11N5/c1-2-6-18-15(3-1)16-13(9-20-21-16)11-4-5-14-12(7-11)8-17-10-19-14/h1-10H,(H,20,21). The lowest BCUT2D eigenvalue weighted by molar-refractivity contribution is 1.09. The molecule has 0 aliphatic heterocycles. The zero-order valence-electron chi connectivity index (χ0n) is 11.1. The van der Waals surface area contributed by atoms with Crippen molar-refractivity contribution in [2.45, 2.75) is 0 Å². The largest absolute Gasteiger partial charge is 0.276 e. The Balaban J connectivity index is 1.88. The first-order valence-corrected chi connectivity index (χ1v) is 6.57. The summed E-state index contributed by atoms with van der Waals surface area (Å²) in [6.07, 6.45) is 6.95. The second kappa shape index (κ2) is 4.79. The average Bonchev–Trinajstić information content (AvgIpc) is 3.05. The summed E-state index contributed by atoms with van der Waals surface area (Å²) >= 11 is 0. The van der Waals surface area contributed by atoms with Gasteiger partial charge >= 0.3 is 0 Å². The Morgan fingerprint density at radius 1 is 0.952 bits per heavy atom. The van der Waals surface area contributed by atoms with Gasteiger partial charge in [0, 0.05) is 23.3 Å². The van der Waals surface area contributed by atoms with E-state index in [2.05, 4.69) is 31.2 Å². The van der Waals surface area contributed by atoms with Crippen molar-refractivity contribution in [3.63, 3.8) is 0 Å². The summed E-state index contributed by atoms with van der Waals surface area (Å²) in [5.74, 6) is 0. The van der Waals surface area contributed by atoms with E-state index in [0.717, 1.165) is 33.4 Å². The molecular weight excluding hydrogens is 262 g/mol. The average molecular weight is 273 g/mol. The molecular formula is C16H11N5. The van der Waals surface area contributed by atoms with E-state index in [1.807, 2.05) is 42.7 Å². The molecule has 4 aromatic rings. The number of H-pyrrole nitrogens is 1. The predicted molar refractivity (Wildman–Crippen MR) is 80.4 cm³/mol. The van der Waals surface area contributed by atoms with Crippen LogP contribution in [0.4, 0.5) is 0 Å². The molecule has 0 aliphatic carbocycles. The van der Waals surface area contributed by atoms with Gasteiger partial charge in [0.15, 0.2) is 0 Å². The van der Waals surface area contributed by atoms with Crippen LogP contribution in [0.5, 0.6) is 0 Å². The fourth-order valence-electron chi connectivity index (χ4n) is 2.36. The molecule has 1 aromatic carbocycles. The minimum atomic E-state index is 0.870. The first kappa shape index (κ1) is 11.7. The molecule has 0 aliphatic rings. The van der Waals surface area contributed by atoms with Crippen molar-refractivity contribution in [3.8, 4) is 22.5 Å². The van der Waals surface area contributed by atoms with E-state index in [0.29, 0.717) is 0 Å². The maximum absolute atomic E-state index is 4.37. The molecule has 3 aromatic heterocycles. The maximum atomic E-state index is 4.37. The normalized spacial score (nSPS) is 10.9. The monoisotopic (exact) mass is 273 g/mol. The topological polar surface area (TPSA) is 67.3 Å².